The fourth-order valence-corrected chi connectivity index (χ4v) is 2.14. The molecular weight excluding hydrogens is 226 g/mol. The van der Waals surface area contributed by atoms with Crippen molar-refractivity contribution >= 4 is 23.5 Å². The van der Waals surface area contributed by atoms with Crippen LogP contribution in [0.1, 0.15) is 31.1 Å². The summed E-state index contributed by atoms with van der Waals surface area (Å²) in [5, 5.41) is 13.8. The molecule has 0 spiro atoms. The van der Waals surface area contributed by atoms with E-state index >= 15 is 0 Å². The number of nitrogens with two attached hydrogens (primary N) is 1. The van der Waals surface area contributed by atoms with Crippen molar-refractivity contribution in [2.75, 3.05) is 11.5 Å². The minimum Gasteiger partial charge on any atom is -0.477 e. The van der Waals surface area contributed by atoms with E-state index in [0.717, 1.165) is 5.75 Å². The van der Waals surface area contributed by atoms with Gasteiger partial charge in [0.05, 0.1) is 0 Å². The van der Waals surface area contributed by atoms with Crippen LogP contribution in [0.4, 0.5) is 5.82 Å². The van der Waals surface area contributed by atoms with E-state index < -0.39 is 5.97 Å². The summed E-state index contributed by atoms with van der Waals surface area (Å²) in [5.74, 6) is 0.391. The smallest absolute Gasteiger partial charge is 0.342 e. The van der Waals surface area contributed by atoms with E-state index in [4.69, 9.17) is 10.8 Å². The van der Waals surface area contributed by atoms with Gasteiger partial charge in [0.1, 0.15) is 16.4 Å². The Morgan fingerprint density at radius 2 is 2.25 bits per heavy atom. The van der Waals surface area contributed by atoms with Gasteiger partial charge in [-0.3, -0.25) is 0 Å². The molecule has 1 aromatic heterocycles. The summed E-state index contributed by atoms with van der Waals surface area (Å²) >= 11 is 1.40. The molecule has 1 heterocycles. The lowest BCUT2D eigenvalue weighted by atomic mass is 10.2. The highest BCUT2D eigenvalue weighted by Gasteiger charge is 2.21. The lowest BCUT2D eigenvalue weighted by Gasteiger charge is -2.06. The zero-order chi connectivity index (χ0) is 12.3. The number of nitrogens with zero attached hydrogens (tertiary/aromatic N) is 2. The van der Waals surface area contributed by atoms with Crippen molar-refractivity contribution in [2.45, 2.75) is 32.3 Å². The molecule has 0 saturated heterocycles. The predicted molar refractivity (Wildman–Crippen MR) is 64.8 cm³/mol. The maximum atomic E-state index is 11.1. The van der Waals surface area contributed by atoms with Crippen molar-refractivity contribution in [1.82, 2.24) is 9.78 Å². The lowest BCUT2D eigenvalue weighted by molar-refractivity contribution is 0.0694. The third-order valence-electron chi connectivity index (χ3n) is 1.99. The number of anilines is 1. The molecule has 0 bridgehead atoms. The van der Waals surface area contributed by atoms with Gasteiger partial charge in [-0.1, -0.05) is 20.8 Å². The number of thioether (sulfide) groups is 1. The molecule has 0 unspecified atom stereocenters. The average molecular weight is 243 g/mol. The molecule has 1 aromatic rings. The summed E-state index contributed by atoms with van der Waals surface area (Å²) in [4.78, 5) is 11.1. The SMILES string of the molecule is CCSc1nn(CC(C)C)c(N)c1C(=O)O. The highest BCUT2D eigenvalue weighted by Crippen LogP contribution is 2.26. The topological polar surface area (TPSA) is 81.1 Å². The second kappa shape index (κ2) is 5.25. The molecule has 0 aliphatic heterocycles. The number of aromatic nitrogens is 2. The summed E-state index contributed by atoms with van der Waals surface area (Å²) in [7, 11) is 0. The second-order valence-electron chi connectivity index (χ2n) is 3.88. The Bertz CT molecular complexity index is 388. The van der Waals surface area contributed by atoms with Gasteiger partial charge in [-0.2, -0.15) is 5.10 Å². The van der Waals surface area contributed by atoms with E-state index in [1.54, 1.807) is 4.68 Å². The minimum atomic E-state index is -1.01. The first-order valence-corrected chi connectivity index (χ1v) is 6.18. The Morgan fingerprint density at radius 3 is 2.69 bits per heavy atom. The molecule has 1 rings (SSSR count). The van der Waals surface area contributed by atoms with Crippen molar-refractivity contribution in [1.29, 1.82) is 0 Å². The summed E-state index contributed by atoms with van der Waals surface area (Å²) in [6.45, 7) is 6.66. The van der Waals surface area contributed by atoms with Gasteiger partial charge in [0.15, 0.2) is 0 Å². The van der Waals surface area contributed by atoms with Crippen LogP contribution >= 0.6 is 11.8 Å². The minimum absolute atomic E-state index is 0.132. The van der Waals surface area contributed by atoms with Crippen molar-refractivity contribution in [3.8, 4) is 0 Å². The molecule has 0 fully saturated rings. The molecule has 0 aliphatic rings. The first kappa shape index (κ1) is 12.9. The van der Waals surface area contributed by atoms with Gasteiger partial charge in [0, 0.05) is 6.54 Å². The number of hydrogen-bond donors (Lipinski definition) is 2. The van der Waals surface area contributed by atoms with Crippen molar-refractivity contribution in [3.63, 3.8) is 0 Å². The quantitative estimate of drug-likeness (QED) is 0.772. The number of hydrogen-bond acceptors (Lipinski definition) is 4. The molecule has 90 valence electrons. The monoisotopic (exact) mass is 243 g/mol. The van der Waals surface area contributed by atoms with E-state index in [1.165, 1.54) is 11.8 Å². The van der Waals surface area contributed by atoms with Gasteiger partial charge in [0.25, 0.3) is 0 Å². The molecule has 0 atom stereocenters. The lowest BCUT2D eigenvalue weighted by Crippen LogP contribution is -2.10. The molecule has 0 saturated carbocycles. The summed E-state index contributed by atoms with van der Waals surface area (Å²) in [6, 6.07) is 0. The van der Waals surface area contributed by atoms with Crippen molar-refractivity contribution in [3.05, 3.63) is 5.56 Å². The van der Waals surface area contributed by atoms with Crippen molar-refractivity contribution < 1.29 is 9.90 Å². The fraction of sp³-hybridized carbons (Fsp3) is 0.600. The predicted octanol–water partition coefficient (Wildman–Crippen LogP) is 1.93. The van der Waals surface area contributed by atoms with Gasteiger partial charge in [-0.25, -0.2) is 9.48 Å². The number of carboxylic acids is 1. The fourth-order valence-electron chi connectivity index (χ4n) is 1.38. The third kappa shape index (κ3) is 2.69. The maximum Gasteiger partial charge on any atom is 0.342 e. The normalized spacial score (nSPS) is 11.0. The molecule has 0 radical (unpaired) electrons. The highest BCUT2D eigenvalue weighted by atomic mass is 32.2. The third-order valence-corrected chi connectivity index (χ3v) is 2.84. The zero-order valence-corrected chi connectivity index (χ0v) is 10.5. The molecule has 16 heavy (non-hydrogen) atoms. The van der Waals surface area contributed by atoms with E-state index in [1.807, 2.05) is 20.8 Å². The van der Waals surface area contributed by atoms with E-state index in [2.05, 4.69) is 5.10 Å². The van der Waals surface area contributed by atoms with E-state index in [9.17, 15) is 4.79 Å². The van der Waals surface area contributed by atoms with Gasteiger partial charge < -0.3 is 10.8 Å². The molecule has 5 nitrogen and oxygen atoms in total. The average Bonchev–Trinajstić information content (AvgIpc) is 2.43. The van der Waals surface area contributed by atoms with Crippen LogP contribution in [0.5, 0.6) is 0 Å². The number of nitrogen functional groups attached to an aromatic ring is 1. The number of aromatic carboxylic acids is 1. The van der Waals surface area contributed by atoms with Gasteiger partial charge in [-0.05, 0) is 11.7 Å². The highest BCUT2D eigenvalue weighted by molar-refractivity contribution is 7.99. The van der Waals surface area contributed by atoms with E-state index in [0.29, 0.717) is 17.5 Å². The molecular formula is C10H17N3O2S. The van der Waals surface area contributed by atoms with Crippen LogP contribution in [-0.2, 0) is 6.54 Å². The molecule has 6 heteroatoms. The molecule has 3 N–H and O–H groups in total. The maximum absolute atomic E-state index is 11.1. The Hall–Kier alpha value is -1.17. The van der Waals surface area contributed by atoms with Crippen molar-refractivity contribution in [2.24, 2.45) is 5.92 Å². The van der Waals surface area contributed by atoms with Crippen LogP contribution in [0.2, 0.25) is 0 Å². The summed E-state index contributed by atoms with van der Waals surface area (Å²) in [5.41, 5.74) is 5.92. The van der Waals surface area contributed by atoms with Crippen LogP contribution in [0, 0.1) is 5.92 Å². The molecule has 0 amide bonds. The van der Waals surface area contributed by atoms with E-state index in [-0.39, 0.29) is 11.4 Å². The Morgan fingerprint density at radius 1 is 1.62 bits per heavy atom. The largest absolute Gasteiger partial charge is 0.477 e. The Kier molecular flexibility index (Phi) is 4.23. The first-order chi connectivity index (χ1) is 7.47. The Labute approximate surface area is 99.0 Å². The van der Waals surface area contributed by atoms with Crippen LogP contribution in [0.15, 0.2) is 5.03 Å². The van der Waals surface area contributed by atoms with Crippen LogP contribution < -0.4 is 5.73 Å². The molecule has 0 aromatic carbocycles. The Balaban J connectivity index is 3.13. The van der Waals surface area contributed by atoms with Crippen LogP contribution in [-0.4, -0.2) is 26.6 Å². The van der Waals surface area contributed by atoms with Crippen LogP contribution in [0.25, 0.3) is 0 Å². The number of carboxylic acid groups (broad SMARTS) is 1. The summed E-state index contributed by atoms with van der Waals surface area (Å²) < 4.78 is 1.58. The van der Waals surface area contributed by atoms with Crippen LogP contribution in [0.3, 0.4) is 0 Å². The van der Waals surface area contributed by atoms with Gasteiger partial charge in [0.2, 0.25) is 0 Å². The number of rotatable bonds is 5. The number of carbonyl (C=O) groups is 1. The summed E-state index contributed by atoms with van der Waals surface area (Å²) in [6.07, 6.45) is 0. The standard InChI is InChI=1S/C10H17N3O2S/c1-4-16-9-7(10(14)15)8(11)13(12-9)5-6(2)3/h6H,4-5,11H2,1-3H3,(H,14,15). The molecule has 0 aliphatic carbocycles. The first-order valence-electron chi connectivity index (χ1n) is 5.19. The van der Waals surface area contributed by atoms with Gasteiger partial charge >= 0.3 is 5.97 Å². The zero-order valence-electron chi connectivity index (χ0n) is 9.73. The second-order valence-corrected chi connectivity index (χ2v) is 5.13. The van der Waals surface area contributed by atoms with Gasteiger partial charge in [-0.15, -0.1) is 11.8 Å².